The van der Waals surface area contributed by atoms with Gasteiger partial charge < -0.3 is 10.3 Å². The van der Waals surface area contributed by atoms with Gasteiger partial charge in [0, 0.05) is 28.6 Å². The number of halogens is 4. The van der Waals surface area contributed by atoms with Crippen LogP contribution in [0.1, 0.15) is 38.2 Å². The van der Waals surface area contributed by atoms with Crippen LogP contribution in [0.25, 0.3) is 33.3 Å². The zero-order valence-corrected chi connectivity index (χ0v) is 18.5. The number of pyridine rings is 1. The minimum absolute atomic E-state index is 0.134. The van der Waals surface area contributed by atoms with Crippen molar-refractivity contribution < 1.29 is 17.6 Å². The molecule has 0 aliphatic heterocycles. The van der Waals surface area contributed by atoms with E-state index in [-0.39, 0.29) is 6.04 Å². The molecule has 2 atom stereocenters. The van der Waals surface area contributed by atoms with Gasteiger partial charge in [0.05, 0.1) is 17.3 Å². The van der Waals surface area contributed by atoms with Crippen LogP contribution in [0.4, 0.5) is 23.4 Å². The van der Waals surface area contributed by atoms with Crippen LogP contribution in [0.15, 0.2) is 36.7 Å². The van der Waals surface area contributed by atoms with Gasteiger partial charge in [0.15, 0.2) is 5.82 Å². The summed E-state index contributed by atoms with van der Waals surface area (Å²) in [4.78, 5) is 16.3. The quantitative estimate of drug-likeness (QED) is 0.333. The van der Waals surface area contributed by atoms with Crippen LogP contribution in [-0.2, 0) is 6.18 Å². The molecule has 0 radical (unpaired) electrons. The van der Waals surface area contributed by atoms with Crippen LogP contribution in [0.3, 0.4) is 0 Å². The molecule has 2 bridgehead atoms. The molecule has 3 fully saturated rings. The van der Waals surface area contributed by atoms with Crippen molar-refractivity contribution in [1.82, 2.24) is 19.9 Å². The molecule has 3 aromatic heterocycles. The molecule has 9 heteroatoms. The predicted molar refractivity (Wildman–Crippen MR) is 122 cm³/mol. The van der Waals surface area contributed by atoms with Crippen LogP contribution in [0.2, 0.25) is 0 Å². The Labute approximate surface area is 193 Å². The third-order valence-corrected chi connectivity index (χ3v) is 7.70. The molecule has 0 unspecified atom stereocenters. The highest BCUT2D eigenvalue weighted by molar-refractivity contribution is 5.96. The van der Waals surface area contributed by atoms with Crippen LogP contribution in [0.5, 0.6) is 0 Å². The molecule has 0 amide bonds. The Morgan fingerprint density at radius 3 is 2.50 bits per heavy atom. The first kappa shape index (κ1) is 21.3. The highest BCUT2D eigenvalue weighted by Crippen LogP contribution is 2.46. The van der Waals surface area contributed by atoms with Crippen molar-refractivity contribution in [2.75, 3.05) is 5.32 Å². The molecule has 5 nitrogen and oxygen atoms in total. The average Bonchev–Trinajstić information content (AvgIpc) is 3.23. The molecule has 2 N–H and O–H groups in total. The van der Waals surface area contributed by atoms with E-state index in [1.807, 2.05) is 0 Å². The minimum Gasteiger partial charge on any atom is -0.366 e. The van der Waals surface area contributed by atoms with Gasteiger partial charge in [-0.2, -0.15) is 13.2 Å². The Morgan fingerprint density at radius 1 is 1.00 bits per heavy atom. The Bertz CT molecular complexity index is 1390. The Hall–Kier alpha value is -3.23. The van der Waals surface area contributed by atoms with Crippen molar-refractivity contribution >= 4 is 27.8 Å². The van der Waals surface area contributed by atoms with Gasteiger partial charge in [-0.05, 0) is 67.7 Å². The summed E-state index contributed by atoms with van der Waals surface area (Å²) in [5.74, 6) is 1.68. The summed E-state index contributed by atoms with van der Waals surface area (Å²) >= 11 is 0. The van der Waals surface area contributed by atoms with Gasteiger partial charge >= 0.3 is 6.18 Å². The predicted octanol–water partition coefficient (Wildman–Crippen LogP) is 6.57. The van der Waals surface area contributed by atoms with E-state index in [1.165, 1.54) is 25.0 Å². The van der Waals surface area contributed by atoms with Crippen molar-refractivity contribution in [1.29, 1.82) is 0 Å². The fourth-order valence-corrected chi connectivity index (χ4v) is 5.86. The normalized spacial score (nSPS) is 24.7. The molecule has 1 aromatic carbocycles. The van der Waals surface area contributed by atoms with Gasteiger partial charge in [-0.1, -0.05) is 6.92 Å². The number of hydrogen-bond acceptors (Lipinski definition) is 4. The molecule has 7 rings (SSSR count). The number of benzene rings is 1. The van der Waals surface area contributed by atoms with E-state index in [1.54, 1.807) is 6.20 Å². The first-order valence-corrected chi connectivity index (χ1v) is 11.6. The van der Waals surface area contributed by atoms with E-state index in [4.69, 9.17) is 4.98 Å². The summed E-state index contributed by atoms with van der Waals surface area (Å²) in [6, 6.07) is 5.01. The number of nitrogens with one attached hydrogen (secondary N) is 2. The lowest BCUT2D eigenvalue weighted by molar-refractivity contribution is -0.137. The number of nitrogens with zero attached hydrogens (tertiary/aromatic N) is 3. The standard InChI is InChI=1S/C25H23F4N5/c1-12-13-2-4-14(5-3-13)21(12)33-23-18-8-15(25(27,28)29)6-7-20(18)32-24(34-23)19-11-31-22-17(19)9-16(26)10-30-22/h6-14,21H,2-5H2,1H3,(H,30,31)(H,32,33,34)/t12-,13?,14?,21+/m0/s1. The summed E-state index contributed by atoms with van der Waals surface area (Å²) in [5.41, 5.74) is 0.689. The topological polar surface area (TPSA) is 66.5 Å². The third kappa shape index (κ3) is 3.49. The second-order valence-electron chi connectivity index (χ2n) is 9.58. The van der Waals surface area contributed by atoms with Gasteiger partial charge in [-0.25, -0.2) is 19.3 Å². The third-order valence-electron chi connectivity index (χ3n) is 7.70. The average molecular weight is 469 g/mol. The number of H-pyrrole nitrogens is 1. The summed E-state index contributed by atoms with van der Waals surface area (Å²) in [5, 5.41) is 4.37. The van der Waals surface area contributed by atoms with Gasteiger partial charge in [0.1, 0.15) is 17.3 Å². The lowest BCUT2D eigenvalue weighted by Gasteiger charge is -2.47. The van der Waals surface area contributed by atoms with Gasteiger partial charge in [0.2, 0.25) is 0 Å². The maximum atomic E-state index is 13.9. The van der Waals surface area contributed by atoms with Crippen LogP contribution >= 0.6 is 0 Å². The molecular formula is C25H23F4N5. The molecule has 3 saturated carbocycles. The van der Waals surface area contributed by atoms with E-state index in [2.05, 4.69) is 27.2 Å². The summed E-state index contributed by atoms with van der Waals surface area (Å²) < 4.78 is 54.4. The smallest absolute Gasteiger partial charge is 0.366 e. The fourth-order valence-electron chi connectivity index (χ4n) is 5.86. The second-order valence-corrected chi connectivity index (χ2v) is 9.58. The molecule has 0 saturated heterocycles. The molecule has 3 heterocycles. The van der Waals surface area contributed by atoms with Crippen molar-refractivity contribution in [3.05, 3.63) is 48.0 Å². The summed E-state index contributed by atoms with van der Waals surface area (Å²) in [7, 11) is 0. The van der Waals surface area contributed by atoms with Crippen molar-refractivity contribution in [2.45, 2.75) is 44.8 Å². The molecule has 3 aliphatic carbocycles. The fraction of sp³-hybridized carbons (Fsp3) is 0.400. The van der Waals surface area contributed by atoms with Crippen LogP contribution < -0.4 is 5.32 Å². The maximum absolute atomic E-state index is 13.9. The summed E-state index contributed by atoms with van der Waals surface area (Å²) in [6.07, 6.45) is 2.93. The number of alkyl halides is 3. The molecule has 176 valence electrons. The molecule has 0 spiro atoms. The Morgan fingerprint density at radius 2 is 1.76 bits per heavy atom. The molecule has 34 heavy (non-hydrogen) atoms. The number of aromatic amines is 1. The Kier molecular flexibility index (Phi) is 4.79. The van der Waals surface area contributed by atoms with E-state index in [0.717, 1.165) is 31.2 Å². The number of fused-ring (bicyclic) bond motifs is 5. The van der Waals surface area contributed by atoms with Gasteiger partial charge in [-0.3, -0.25) is 0 Å². The minimum atomic E-state index is -4.47. The number of anilines is 1. The highest BCUT2D eigenvalue weighted by Gasteiger charge is 2.41. The van der Waals surface area contributed by atoms with E-state index in [0.29, 0.717) is 56.9 Å². The lowest BCUT2D eigenvalue weighted by atomic mass is 9.62. The van der Waals surface area contributed by atoms with E-state index < -0.39 is 17.6 Å². The summed E-state index contributed by atoms with van der Waals surface area (Å²) in [6.45, 7) is 2.22. The van der Waals surface area contributed by atoms with Crippen molar-refractivity contribution in [3.8, 4) is 11.4 Å². The van der Waals surface area contributed by atoms with E-state index >= 15 is 0 Å². The second kappa shape index (κ2) is 7.65. The first-order valence-electron chi connectivity index (χ1n) is 11.6. The molecule has 3 aliphatic rings. The molecule has 4 aromatic rings. The SMILES string of the molecule is C[C@H]1C2CCC(CC2)[C@@H]1Nc1nc(-c2c[nH]c3ncc(F)cc23)nc2ccc(C(F)(F)F)cc12. The zero-order chi connectivity index (χ0) is 23.6. The maximum Gasteiger partial charge on any atom is 0.416 e. The van der Waals surface area contributed by atoms with Gasteiger partial charge in [0.25, 0.3) is 0 Å². The van der Waals surface area contributed by atoms with Gasteiger partial charge in [-0.15, -0.1) is 0 Å². The van der Waals surface area contributed by atoms with Crippen LogP contribution in [0, 0.1) is 23.6 Å². The van der Waals surface area contributed by atoms with Crippen molar-refractivity contribution in [3.63, 3.8) is 0 Å². The molecular weight excluding hydrogens is 446 g/mol. The highest BCUT2D eigenvalue weighted by atomic mass is 19.4. The largest absolute Gasteiger partial charge is 0.416 e. The van der Waals surface area contributed by atoms with Crippen molar-refractivity contribution in [2.24, 2.45) is 17.8 Å². The Balaban J connectivity index is 1.52. The van der Waals surface area contributed by atoms with Crippen LogP contribution in [-0.4, -0.2) is 26.0 Å². The number of aromatic nitrogens is 4. The lowest BCUT2D eigenvalue weighted by Crippen LogP contribution is -2.47. The number of hydrogen-bond donors (Lipinski definition) is 2. The first-order chi connectivity index (χ1) is 16.3. The zero-order valence-electron chi connectivity index (χ0n) is 18.5. The number of rotatable bonds is 3. The monoisotopic (exact) mass is 469 g/mol. The van der Waals surface area contributed by atoms with E-state index in [9.17, 15) is 17.6 Å².